The molecule has 0 radical (unpaired) electrons. The van der Waals surface area contributed by atoms with E-state index in [0.717, 1.165) is 5.56 Å². The molecule has 1 aromatic carbocycles. The zero-order valence-electron chi connectivity index (χ0n) is 10.5. The minimum absolute atomic E-state index is 0.0614. The lowest BCUT2D eigenvalue weighted by molar-refractivity contribution is 0.400. The molecule has 1 aromatic rings. The van der Waals surface area contributed by atoms with Crippen LogP contribution in [0.4, 0.5) is 0 Å². The van der Waals surface area contributed by atoms with E-state index < -0.39 is 10.1 Å². The SMILES string of the molecule is COc1c(C)ccc(S(=O)(=O)O)c1CC(C)C. The Balaban J connectivity index is 3.51. The Hall–Kier alpha value is -1.07. The van der Waals surface area contributed by atoms with E-state index in [1.807, 2.05) is 20.8 Å². The molecule has 0 aliphatic rings. The molecule has 0 amide bonds. The lowest BCUT2D eigenvalue weighted by Crippen LogP contribution is -2.08. The molecule has 96 valence electrons. The molecule has 0 fully saturated rings. The number of hydrogen-bond donors (Lipinski definition) is 1. The van der Waals surface area contributed by atoms with Crippen molar-refractivity contribution in [2.75, 3.05) is 7.11 Å². The van der Waals surface area contributed by atoms with E-state index >= 15 is 0 Å². The van der Waals surface area contributed by atoms with Crippen LogP contribution in [0.25, 0.3) is 0 Å². The molecule has 0 spiro atoms. The van der Waals surface area contributed by atoms with Crippen LogP contribution in [0, 0.1) is 12.8 Å². The standard InChI is InChI=1S/C12H18O4S/c1-8(2)7-10-11(17(13,14)15)6-5-9(3)12(10)16-4/h5-6,8H,7H2,1-4H3,(H,13,14,15). The smallest absolute Gasteiger partial charge is 0.294 e. The number of ether oxygens (including phenoxy) is 1. The summed E-state index contributed by atoms with van der Waals surface area (Å²) >= 11 is 0. The minimum Gasteiger partial charge on any atom is -0.496 e. The van der Waals surface area contributed by atoms with Gasteiger partial charge in [-0.15, -0.1) is 0 Å². The topological polar surface area (TPSA) is 63.6 Å². The molecule has 0 aliphatic carbocycles. The van der Waals surface area contributed by atoms with Gasteiger partial charge in [-0.1, -0.05) is 19.9 Å². The van der Waals surface area contributed by atoms with Crippen molar-refractivity contribution in [3.05, 3.63) is 23.3 Å². The minimum atomic E-state index is -4.21. The number of aryl methyl sites for hydroxylation is 1. The second-order valence-electron chi connectivity index (χ2n) is 4.47. The second kappa shape index (κ2) is 5.06. The van der Waals surface area contributed by atoms with Gasteiger partial charge in [0.2, 0.25) is 0 Å². The summed E-state index contributed by atoms with van der Waals surface area (Å²) in [5.41, 5.74) is 1.40. The fraction of sp³-hybridized carbons (Fsp3) is 0.500. The predicted molar refractivity (Wildman–Crippen MR) is 66.1 cm³/mol. The third-order valence-electron chi connectivity index (χ3n) is 2.51. The highest BCUT2D eigenvalue weighted by atomic mass is 32.2. The van der Waals surface area contributed by atoms with Crippen LogP contribution in [0.15, 0.2) is 17.0 Å². The van der Waals surface area contributed by atoms with Gasteiger partial charge in [0.1, 0.15) is 10.6 Å². The molecule has 0 aromatic heterocycles. The molecule has 1 rings (SSSR count). The molecule has 0 saturated heterocycles. The summed E-state index contributed by atoms with van der Waals surface area (Å²) < 4.78 is 37.1. The molecule has 0 aliphatic heterocycles. The van der Waals surface area contributed by atoms with Crippen LogP contribution >= 0.6 is 0 Å². The third kappa shape index (κ3) is 3.20. The van der Waals surface area contributed by atoms with Gasteiger partial charge in [0.25, 0.3) is 10.1 Å². The summed E-state index contributed by atoms with van der Waals surface area (Å²) in [6, 6.07) is 3.05. The Labute approximate surface area is 102 Å². The fourth-order valence-electron chi connectivity index (χ4n) is 1.85. The van der Waals surface area contributed by atoms with Crippen LogP contribution in [-0.2, 0) is 16.5 Å². The largest absolute Gasteiger partial charge is 0.496 e. The summed E-state index contributed by atoms with van der Waals surface area (Å²) in [4.78, 5) is -0.0614. The van der Waals surface area contributed by atoms with Crippen LogP contribution in [-0.4, -0.2) is 20.1 Å². The van der Waals surface area contributed by atoms with E-state index in [2.05, 4.69) is 0 Å². The number of rotatable bonds is 4. The monoisotopic (exact) mass is 258 g/mol. The Morgan fingerprint density at radius 2 is 1.94 bits per heavy atom. The fourth-order valence-corrected chi connectivity index (χ4v) is 2.58. The van der Waals surface area contributed by atoms with E-state index in [9.17, 15) is 13.0 Å². The third-order valence-corrected chi connectivity index (χ3v) is 3.45. The van der Waals surface area contributed by atoms with Gasteiger partial charge < -0.3 is 4.74 Å². The van der Waals surface area contributed by atoms with Crippen molar-refractivity contribution in [3.8, 4) is 5.75 Å². The van der Waals surface area contributed by atoms with E-state index in [4.69, 9.17) is 4.74 Å². The zero-order chi connectivity index (χ0) is 13.2. The molecule has 0 heterocycles. The summed E-state index contributed by atoms with van der Waals surface area (Å²) in [7, 11) is -2.71. The van der Waals surface area contributed by atoms with Gasteiger partial charge in [0.05, 0.1) is 7.11 Å². The van der Waals surface area contributed by atoms with Gasteiger partial charge in [0, 0.05) is 5.56 Å². The zero-order valence-corrected chi connectivity index (χ0v) is 11.3. The van der Waals surface area contributed by atoms with Gasteiger partial charge in [0.15, 0.2) is 0 Å². The van der Waals surface area contributed by atoms with E-state index in [1.54, 1.807) is 6.07 Å². The molecular weight excluding hydrogens is 240 g/mol. The number of methoxy groups -OCH3 is 1. The summed E-state index contributed by atoms with van der Waals surface area (Å²) in [6.45, 7) is 5.81. The van der Waals surface area contributed by atoms with E-state index in [0.29, 0.717) is 17.7 Å². The van der Waals surface area contributed by atoms with Crippen molar-refractivity contribution >= 4 is 10.1 Å². The van der Waals surface area contributed by atoms with Crippen LogP contribution in [0.2, 0.25) is 0 Å². The lowest BCUT2D eigenvalue weighted by Gasteiger charge is -2.16. The Morgan fingerprint density at radius 3 is 2.35 bits per heavy atom. The first-order valence-corrected chi connectivity index (χ1v) is 6.85. The van der Waals surface area contributed by atoms with Crippen molar-refractivity contribution in [1.82, 2.24) is 0 Å². The second-order valence-corrected chi connectivity index (χ2v) is 5.86. The predicted octanol–water partition coefficient (Wildman–Crippen LogP) is 2.45. The van der Waals surface area contributed by atoms with E-state index in [-0.39, 0.29) is 10.8 Å². The molecule has 5 heteroatoms. The number of hydrogen-bond acceptors (Lipinski definition) is 3. The summed E-state index contributed by atoms with van der Waals surface area (Å²) in [5, 5.41) is 0. The van der Waals surface area contributed by atoms with Crippen LogP contribution in [0.3, 0.4) is 0 Å². The maximum Gasteiger partial charge on any atom is 0.294 e. The van der Waals surface area contributed by atoms with Crippen LogP contribution in [0.5, 0.6) is 5.75 Å². The Kier molecular flexibility index (Phi) is 4.16. The van der Waals surface area contributed by atoms with Crippen molar-refractivity contribution in [1.29, 1.82) is 0 Å². The molecular formula is C12H18O4S. The summed E-state index contributed by atoms with van der Waals surface area (Å²) in [6.07, 6.45) is 0.542. The Bertz CT molecular complexity index is 503. The van der Waals surface area contributed by atoms with Gasteiger partial charge in [-0.25, -0.2) is 0 Å². The quantitative estimate of drug-likeness (QED) is 0.842. The first-order valence-electron chi connectivity index (χ1n) is 5.41. The molecule has 0 unspecified atom stereocenters. The van der Waals surface area contributed by atoms with Crippen molar-refractivity contribution < 1.29 is 17.7 Å². The van der Waals surface area contributed by atoms with Crippen molar-refractivity contribution in [2.45, 2.75) is 32.1 Å². The average Bonchev–Trinajstić information content (AvgIpc) is 2.15. The van der Waals surface area contributed by atoms with E-state index in [1.165, 1.54) is 13.2 Å². The number of benzene rings is 1. The first-order chi connectivity index (χ1) is 7.77. The van der Waals surface area contributed by atoms with Gasteiger partial charge in [-0.3, -0.25) is 4.55 Å². The van der Waals surface area contributed by atoms with Gasteiger partial charge in [-0.2, -0.15) is 8.42 Å². The van der Waals surface area contributed by atoms with Crippen molar-refractivity contribution in [2.24, 2.45) is 5.92 Å². The van der Waals surface area contributed by atoms with Gasteiger partial charge in [-0.05, 0) is 30.9 Å². The highest BCUT2D eigenvalue weighted by Gasteiger charge is 2.21. The molecule has 0 atom stereocenters. The first kappa shape index (κ1) is 14.0. The van der Waals surface area contributed by atoms with Crippen molar-refractivity contribution in [3.63, 3.8) is 0 Å². The molecule has 0 saturated carbocycles. The normalized spacial score (nSPS) is 11.9. The van der Waals surface area contributed by atoms with Gasteiger partial charge >= 0.3 is 0 Å². The highest BCUT2D eigenvalue weighted by molar-refractivity contribution is 7.85. The Morgan fingerprint density at radius 1 is 1.35 bits per heavy atom. The molecule has 4 nitrogen and oxygen atoms in total. The molecule has 1 N–H and O–H groups in total. The highest BCUT2D eigenvalue weighted by Crippen LogP contribution is 2.31. The van der Waals surface area contributed by atoms with Crippen LogP contribution < -0.4 is 4.74 Å². The van der Waals surface area contributed by atoms with Crippen LogP contribution in [0.1, 0.15) is 25.0 Å². The lowest BCUT2D eigenvalue weighted by atomic mass is 10.00. The average molecular weight is 258 g/mol. The molecule has 17 heavy (non-hydrogen) atoms. The molecule has 0 bridgehead atoms. The maximum atomic E-state index is 11.3. The maximum absolute atomic E-state index is 11.3. The summed E-state index contributed by atoms with van der Waals surface area (Å²) in [5.74, 6) is 0.806.